The van der Waals surface area contributed by atoms with Crippen molar-refractivity contribution in [2.75, 3.05) is 24.2 Å². The largest absolute Gasteiger partial charge is 0.309 e. The summed E-state index contributed by atoms with van der Waals surface area (Å²) in [7, 11) is -0.562. The lowest BCUT2D eigenvalue weighted by Gasteiger charge is -2.26. The van der Waals surface area contributed by atoms with Crippen LogP contribution in [0.25, 0.3) is 0 Å². The van der Waals surface area contributed by atoms with Crippen LogP contribution >= 0.6 is 11.8 Å². The minimum atomic E-state index is -3.61. The molecule has 20 heavy (non-hydrogen) atoms. The van der Waals surface area contributed by atoms with Crippen LogP contribution in [0.4, 0.5) is 5.69 Å². The zero-order valence-corrected chi connectivity index (χ0v) is 13.7. The molecule has 1 aromatic rings. The maximum Gasteiger partial charge on any atom is 0.309 e. The molecule has 1 heterocycles. The van der Waals surface area contributed by atoms with E-state index in [0.717, 1.165) is 5.75 Å². The quantitative estimate of drug-likeness (QED) is 0.859. The lowest BCUT2D eigenvalue weighted by molar-refractivity contribution is 0.522. The number of thioether (sulfide) groups is 1. The molecule has 5 nitrogen and oxygen atoms in total. The molecule has 1 aliphatic heterocycles. The maximum atomic E-state index is 12.6. The van der Waals surface area contributed by atoms with E-state index in [1.807, 2.05) is 32.0 Å². The van der Waals surface area contributed by atoms with Crippen molar-refractivity contribution >= 4 is 32.8 Å². The van der Waals surface area contributed by atoms with Gasteiger partial charge in [-0.1, -0.05) is 30.0 Å². The van der Waals surface area contributed by atoms with Crippen LogP contribution in [0.2, 0.25) is 0 Å². The van der Waals surface area contributed by atoms with E-state index in [9.17, 15) is 8.42 Å². The Labute approximate surface area is 124 Å². The van der Waals surface area contributed by atoms with Gasteiger partial charge in [0, 0.05) is 19.8 Å². The molecule has 0 N–H and O–H groups in total. The Morgan fingerprint density at radius 2 is 1.80 bits per heavy atom. The highest BCUT2D eigenvalue weighted by Gasteiger charge is 2.36. The molecule has 0 aliphatic carbocycles. The van der Waals surface area contributed by atoms with Crippen LogP contribution in [-0.4, -0.2) is 43.3 Å². The van der Waals surface area contributed by atoms with Crippen molar-refractivity contribution in [1.82, 2.24) is 4.31 Å². The number of benzene rings is 1. The van der Waals surface area contributed by atoms with Gasteiger partial charge in [-0.25, -0.2) is 4.31 Å². The Morgan fingerprint density at radius 3 is 2.25 bits per heavy atom. The van der Waals surface area contributed by atoms with Crippen molar-refractivity contribution < 1.29 is 8.42 Å². The minimum Gasteiger partial charge on any atom is -0.254 e. The summed E-state index contributed by atoms with van der Waals surface area (Å²) >= 11 is 1.47. The number of aliphatic imine (C=N–C) groups is 1. The van der Waals surface area contributed by atoms with Gasteiger partial charge in [0.05, 0.1) is 11.2 Å². The van der Waals surface area contributed by atoms with Crippen molar-refractivity contribution in [3.63, 3.8) is 0 Å². The monoisotopic (exact) mass is 313 g/mol. The first-order valence-corrected chi connectivity index (χ1v) is 8.63. The number of anilines is 1. The van der Waals surface area contributed by atoms with Crippen LogP contribution in [0.15, 0.2) is 35.3 Å². The highest BCUT2D eigenvalue weighted by atomic mass is 32.2. The summed E-state index contributed by atoms with van der Waals surface area (Å²) in [6.45, 7) is 4.00. The molecule has 2 rings (SSSR count). The Morgan fingerprint density at radius 1 is 1.20 bits per heavy atom. The number of hydrogen-bond donors (Lipinski definition) is 0. The lowest BCUT2D eigenvalue weighted by Crippen LogP contribution is -2.42. The van der Waals surface area contributed by atoms with Crippen LogP contribution in [0, 0.1) is 0 Å². The number of para-hydroxylation sites is 1. The van der Waals surface area contributed by atoms with Crippen molar-refractivity contribution in [1.29, 1.82) is 0 Å². The number of hydrogen-bond acceptors (Lipinski definition) is 4. The van der Waals surface area contributed by atoms with Gasteiger partial charge in [-0.15, -0.1) is 0 Å². The molecule has 0 atom stereocenters. The van der Waals surface area contributed by atoms with Crippen molar-refractivity contribution in [2.45, 2.75) is 19.4 Å². The predicted molar refractivity (Wildman–Crippen MR) is 85.5 cm³/mol. The Balaban J connectivity index is 2.53. The summed E-state index contributed by atoms with van der Waals surface area (Å²) < 4.78 is 27.7. The van der Waals surface area contributed by atoms with Crippen molar-refractivity contribution in [2.24, 2.45) is 4.99 Å². The van der Waals surface area contributed by atoms with E-state index in [1.165, 1.54) is 34.5 Å². The first-order valence-electron chi connectivity index (χ1n) is 6.24. The molecular weight excluding hydrogens is 294 g/mol. The van der Waals surface area contributed by atoms with Gasteiger partial charge in [-0.3, -0.25) is 4.99 Å². The van der Waals surface area contributed by atoms with Gasteiger partial charge in [-0.05, 0) is 26.0 Å². The van der Waals surface area contributed by atoms with Crippen LogP contribution in [0.5, 0.6) is 0 Å². The second kappa shape index (κ2) is 5.38. The zero-order valence-electron chi connectivity index (χ0n) is 12.1. The molecule has 0 unspecified atom stereocenters. The summed E-state index contributed by atoms with van der Waals surface area (Å²) in [6.07, 6.45) is 0. The third-order valence-corrected chi connectivity index (χ3v) is 6.08. The Hall–Kier alpha value is -1.05. The van der Waals surface area contributed by atoms with Gasteiger partial charge in [0.2, 0.25) is 0 Å². The van der Waals surface area contributed by atoms with E-state index in [-0.39, 0.29) is 5.54 Å². The third-order valence-electron chi connectivity index (χ3n) is 2.81. The van der Waals surface area contributed by atoms with Gasteiger partial charge >= 0.3 is 10.2 Å². The molecule has 110 valence electrons. The average molecular weight is 313 g/mol. The third kappa shape index (κ3) is 2.99. The molecule has 0 saturated heterocycles. The fourth-order valence-electron chi connectivity index (χ4n) is 1.74. The summed E-state index contributed by atoms with van der Waals surface area (Å²) in [5.41, 5.74) is 0.361. The predicted octanol–water partition coefficient (Wildman–Crippen LogP) is 2.18. The van der Waals surface area contributed by atoms with Crippen molar-refractivity contribution in [3.8, 4) is 0 Å². The van der Waals surface area contributed by atoms with Gasteiger partial charge in [0.25, 0.3) is 0 Å². The summed E-state index contributed by atoms with van der Waals surface area (Å²) in [5.74, 6) is 0.772. The molecule has 0 fully saturated rings. The van der Waals surface area contributed by atoms with Crippen LogP contribution in [0.1, 0.15) is 13.8 Å². The topological polar surface area (TPSA) is 53.0 Å². The Bertz CT molecular complexity index is 610. The highest BCUT2D eigenvalue weighted by molar-refractivity contribution is 8.16. The molecule has 0 bridgehead atoms. The maximum absolute atomic E-state index is 12.6. The fraction of sp³-hybridized carbons (Fsp3) is 0.462. The van der Waals surface area contributed by atoms with E-state index in [2.05, 4.69) is 4.99 Å². The summed E-state index contributed by atoms with van der Waals surface area (Å²) in [6, 6.07) is 9.04. The first kappa shape index (κ1) is 15.3. The van der Waals surface area contributed by atoms with E-state index >= 15 is 0 Å². The molecule has 0 aromatic heterocycles. The average Bonchev–Trinajstić information content (AvgIpc) is 2.70. The lowest BCUT2D eigenvalue weighted by atomic mass is 10.1. The number of rotatable bonds is 3. The van der Waals surface area contributed by atoms with Crippen molar-refractivity contribution in [3.05, 3.63) is 30.3 Å². The number of amidine groups is 1. The molecule has 7 heteroatoms. The zero-order chi connectivity index (χ0) is 15.0. The molecule has 1 aromatic carbocycles. The van der Waals surface area contributed by atoms with Gasteiger partial charge < -0.3 is 0 Å². The van der Waals surface area contributed by atoms with Crippen LogP contribution in [0.3, 0.4) is 0 Å². The van der Waals surface area contributed by atoms with E-state index in [1.54, 1.807) is 12.1 Å². The second-order valence-corrected chi connectivity index (χ2v) is 8.32. The van der Waals surface area contributed by atoms with Gasteiger partial charge in [-0.2, -0.15) is 12.7 Å². The molecule has 0 radical (unpaired) electrons. The van der Waals surface area contributed by atoms with Gasteiger partial charge in [0.1, 0.15) is 0 Å². The standard InChI is InChI=1S/C13H19N3O2S2/c1-13(2)10-19-12(14-13)16(20(17,18)15(3)4)11-8-6-5-7-9-11/h5-9H,10H2,1-4H3. The summed E-state index contributed by atoms with van der Waals surface area (Å²) in [5, 5.41) is 0.523. The van der Waals surface area contributed by atoms with Gasteiger partial charge in [0.15, 0.2) is 5.17 Å². The van der Waals surface area contributed by atoms with E-state index < -0.39 is 10.2 Å². The smallest absolute Gasteiger partial charge is 0.254 e. The Kier molecular flexibility index (Phi) is 4.13. The molecular formula is C13H19N3O2S2. The number of nitrogens with zero attached hydrogens (tertiary/aromatic N) is 3. The van der Waals surface area contributed by atoms with Crippen LogP contribution < -0.4 is 4.31 Å². The van der Waals surface area contributed by atoms with E-state index in [0.29, 0.717) is 10.9 Å². The molecule has 0 spiro atoms. The van der Waals surface area contributed by atoms with E-state index in [4.69, 9.17) is 0 Å². The first-order chi connectivity index (χ1) is 9.24. The fourth-order valence-corrected chi connectivity index (χ4v) is 4.21. The summed E-state index contributed by atoms with van der Waals surface area (Å²) in [4.78, 5) is 4.55. The SMILES string of the molecule is CN(C)S(=O)(=O)N(C1=NC(C)(C)CS1)c1ccccc1. The molecule has 0 saturated carbocycles. The minimum absolute atomic E-state index is 0.241. The highest BCUT2D eigenvalue weighted by Crippen LogP contribution is 2.33. The normalized spacial score (nSPS) is 18.1. The second-order valence-electron chi connectivity index (χ2n) is 5.39. The molecule has 1 aliphatic rings. The molecule has 0 amide bonds. The van der Waals surface area contributed by atoms with Crippen LogP contribution in [-0.2, 0) is 10.2 Å².